The molecule has 0 aromatic heterocycles. The van der Waals surface area contributed by atoms with Crippen LogP contribution in [0.2, 0.25) is 10.0 Å². The van der Waals surface area contributed by atoms with Crippen LogP contribution in [0.4, 0.5) is 5.69 Å². The highest BCUT2D eigenvalue weighted by Crippen LogP contribution is 2.29. The Morgan fingerprint density at radius 1 is 0.969 bits per heavy atom. The Morgan fingerprint density at radius 3 is 2.50 bits per heavy atom. The van der Waals surface area contributed by atoms with Crippen LogP contribution < -0.4 is 15.5 Å². The molecule has 2 N–H and O–H groups in total. The summed E-state index contributed by atoms with van der Waals surface area (Å²) in [6.07, 6.45) is 1.04. The molecule has 0 bridgehead atoms. The summed E-state index contributed by atoms with van der Waals surface area (Å²) >= 11 is 11.9. The van der Waals surface area contributed by atoms with Gasteiger partial charge in [0, 0.05) is 5.56 Å². The zero-order valence-electron chi connectivity index (χ0n) is 17.3. The van der Waals surface area contributed by atoms with E-state index in [1.165, 1.54) is 11.8 Å². The third-order valence-electron chi connectivity index (χ3n) is 4.37. The van der Waals surface area contributed by atoms with E-state index < -0.39 is 18.2 Å². The largest absolute Gasteiger partial charge is 0.488 e. The smallest absolute Gasteiger partial charge is 0.249 e. The Balaban J connectivity index is 1.52. The lowest BCUT2D eigenvalue weighted by atomic mass is 10.1. The van der Waals surface area contributed by atoms with Crippen LogP contribution in [0.5, 0.6) is 5.75 Å². The number of nitrogens with one attached hydrogen (secondary N) is 2. The van der Waals surface area contributed by atoms with Crippen LogP contribution in [0.15, 0.2) is 71.8 Å². The van der Waals surface area contributed by atoms with E-state index in [2.05, 4.69) is 15.8 Å². The maximum absolute atomic E-state index is 12.1. The van der Waals surface area contributed by atoms with Gasteiger partial charge in [-0.05, 0) is 36.8 Å². The summed E-state index contributed by atoms with van der Waals surface area (Å²) in [5.74, 6) is -0.488. The molecule has 0 heterocycles. The first-order valence-electron chi connectivity index (χ1n) is 9.75. The van der Waals surface area contributed by atoms with E-state index in [0.29, 0.717) is 28.6 Å². The number of hydrogen-bond donors (Lipinski definition) is 2. The molecule has 0 radical (unpaired) electrons. The number of ether oxygens (including phenoxy) is 1. The second-order valence-electron chi connectivity index (χ2n) is 6.93. The molecule has 164 valence electrons. The van der Waals surface area contributed by atoms with Gasteiger partial charge in [0.05, 0.1) is 21.9 Å². The van der Waals surface area contributed by atoms with Gasteiger partial charge in [-0.1, -0.05) is 71.2 Å². The van der Waals surface area contributed by atoms with Crippen LogP contribution >= 0.6 is 23.2 Å². The van der Waals surface area contributed by atoms with E-state index in [9.17, 15) is 9.59 Å². The minimum absolute atomic E-state index is 0.211. The molecule has 0 spiro atoms. The fourth-order valence-corrected chi connectivity index (χ4v) is 3.07. The van der Waals surface area contributed by atoms with Crippen molar-refractivity contribution in [1.29, 1.82) is 0 Å². The average Bonchev–Trinajstić information content (AvgIpc) is 2.77. The molecule has 32 heavy (non-hydrogen) atoms. The van der Waals surface area contributed by atoms with E-state index >= 15 is 0 Å². The van der Waals surface area contributed by atoms with Crippen molar-refractivity contribution in [1.82, 2.24) is 5.43 Å². The number of halogens is 2. The highest BCUT2D eigenvalue weighted by Gasteiger charge is 2.12. The number of rotatable bonds is 8. The lowest BCUT2D eigenvalue weighted by Gasteiger charge is -2.09. The normalized spacial score (nSPS) is 10.7. The Morgan fingerprint density at radius 2 is 1.72 bits per heavy atom. The quantitative estimate of drug-likeness (QED) is 0.264. The summed E-state index contributed by atoms with van der Waals surface area (Å²) in [5.41, 5.74) is 5.58. The first kappa shape index (κ1) is 23.3. The number of aryl methyl sites for hydroxylation is 1. The van der Waals surface area contributed by atoms with Gasteiger partial charge in [0.15, 0.2) is 0 Å². The van der Waals surface area contributed by atoms with Crippen LogP contribution in [0, 0.1) is 6.92 Å². The van der Waals surface area contributed by atoms with Gasteiger partial charge in [0.1, 0.15) is 18.8 Å². The van der Waals surface area contributed by atoms with E-state index in [0.717, 1.165) is 5.56 Å². The fourth-order valence-electron chi connectivity index (χ4n) is 2.72. The number of carbonyl (C=O) groups is 2. The molecule has 0 fully saturated rings. The van der Waals surface area contributed by atoms with Gasteiger partial charge < -0.3 is 10.1 Å². The molecule has 0 saturated carbocycles. The maximum atomic E-state index is 12.1. The van der Waals surface area contributed by atoms with E-state index in [-0.39, 0.29) is 5.02 Å². The van der Waals surface area contributed by atoms with Crippen molar-refractivity contribution in [3.63, 3.8) is 0 Å². The van der Waals surface area contributed by atoms with Crippen molar-refractivity contribution < 1.29 is 14.3 Å². The second kappa shape index (κ2) is 11.3. The third kappa shape index (κ3) is 6.83. The number of anilines is 1. The molecule has 3 aromatic rings. The van der Waals surface area contributed by atoms with Crippen LogP contribution in [-0.2, 0) is 16.2 Å². The van der Waals surface area contributed by atoms with Gasteiger partial charge in [-0.25, -0.2) is 5.43 Å². The molecule has 0 atom stereocenters. The summed E-state index contributed by atoms with van der Waals surface area (Å²) in [4.78, 5) is 24.1. The molecule has 0 unspecified atom stereocenters. The van der Waals surface area contributed by atoms with Crippen molar-refractivity contribution in [2.45, 2.75) is 20.0 Å². The van der Waals surface area contributed by atoms with Crippen LogP contribution in [0.1, 0.15) is 23.1 Å². The highest BCUT2D eigenvalue weighted by molar-refractivity contribution is 6.44. The van der Waals surface area contributed by atoms with Gasteiger partial charge in [-0.15, -0.1) is 0 Å². The SMILES string of the molecule is Cc1ccc(COc2ccccc2C=NNC(=O)CC(=O)Nc2cccc(Cl)c2Cl)cc1. The van der Waals surface area contributed by atoms with Crippen molar-refractivity contribution in [2.75, 3.05) is 5.32 Å². The van der Waals surface area contributed by atoms with Gasteiger partial charge in [0.2, 0.25) is 11.8 Å². The Kier molecular flexibility index (Phi) is 8.25. The van der Waals surface area contributed by atoms with Crippen LogP contribution in [0.25, 0.3) is 0 Å². The molecular weight excluding hydrogens is 449 g/mol. The van der Waals surface area contributed by atoms with E-state index in [4.69, 9.17) is 27.9 Å². The standard InChI is InChI=1S/C24H21Cl2N3O3/c1-16-9-11-17(12-10-16)15-32-21-8-3-2-5-18(21)14-27-29-23(31)13-22(30)28-20-7-4-6-19(25)24(20)26/h2-12,14H,13,15H2,1H3,(H,28,30)(H,29,31). The molecule has 0 aliphatic heterocycles. The predicted molar refractivity (Wildman–Crippen MR) is 127 cm³/mol. The molecule has 0 aliphatic carbocycles. The number of para-hydroxylation sites is 1. The lowest BCUT2D eigenvalue weighted by molar-refractivity contribution is -0.126. The fraction of sp³-hybridized carbons (Fsp3) is 0.125. The summed E-state index contributed by atoms with van der Waals surface area (Å²) in [7, 11) is 0. The summed E-state index contributed by atoms with van der Waals surface area (Å²) in [5, 5.41) is 6.99. The maximum Gasteiger partial charge on any atom is 0.249 e. The van der Waals surface area contributed by atoms with Gasteiger partial charge in [-0.2, -0.15) is 5.10 Å². The summed E-state index contributed by atoms with van der Waals surface area (Å²) in [6, 6.07) is 20.2. The first-order chi connectivity index (χ1) is 15.4. The number of benzene rings is 3. The summed E-state index contributed by atoms with van der Waals surface area (Å²) < 4.78 is 5.88. The Labute approximate surface area is 196 Å². The van der Waals surface area contributed by atoms with Crippen molar-refractivity contribution in [2.24, 2.45) is 5.10 Å². The lowest BCUT2D eigenvalue weighted by Crippen LogP contribution is -2.24. The molecule has 0 aliphatic rings. The highest BCUT2D eigenvalue weighted by atomic mass is 35.5. The third-order valence-corrected chi connectivity index (χ3v) is 5.19. The summed E-state index contributed by atoms with van der Waals surface area (Å²) in [6.45, 7) is 2.43. The van der Waals surface area contributed by atoms with Crippen molar-refractivity contribution in [3.05, 3.63) is 93.5 Å². The van der Waals surface area contributed by atoms with E-state index in [1.807, 2.05) is 55.5 Å². The molecule has 3 rings (SSSR count). The van der Waals surface area contributed by atoms with Gasteiger partial charge >= 0.3 is 0 Å². The Hall–Kier alpha value is -3.35. The topological polar surface area (TPSA) is 79.8 Å². The first-order valence-corrected chi connectivity index (χ1v) is 10.5. The molecule has 0 saturated heterocycles. The van der Waals surface area contributed by atoms with Crippen LogP contribution in [0.3, 0.4) is 0 Å². The van der Waals surface area contributed by atoms with Crippen molar-refractivity contribution in [3.8, 4) is 5.75 Å². The number of amides is 2. The number of carbonyl (C=O) groups excluding carboxylic acids is 2. The number of hydrogen-bond acceptors (Lipinski definition) is 4. The zero-order valence-corrected chi connectivity index (χ0v) is 18.8. The van der Waals surface area contributed by atoms with Crippen LogP contribution in [-0.4, -0.2) is 18.0 Å². The van der Waals surface area contributed by atoms with Crippen molar-refractivity contribution >= 4 is 46.9 Å². The minimum atomic E-state index is -0.574. The average molecular weight is 470 g/mol. The molecule has 6 nitrogen and oxygen atoms in total. The zero-order chi connectivity index (χ0) is 22.9. The Bertz CT molecular complexity index is 1130. The molecule has 8 heteroatoms. The molecule has 3 aromatic carbocycles. The predicted octanol–water partition coefficient (Wildman–Crippen LogP) is 5.36. The monoisotopic (exact) mass is 469 g/mol. The number of nitrogens with zero attached hydrogens (tertiary/aromatic N) is 1. The van der Waals surface area contributed by atoms with E-state index in [1.54, 1.807) is 18.2 Å². The molecule has 2 amide bonds. The molecular formula is C24H21Cl2N3O3. The van der Waals surface area contributed by atoms with Gasteiger partial charge in [0.25, 0.3) is 0 Å². The second-order valence-corrected chi connectivity index (χ2v) is 7.72. The minimum Gasteiger partial charge on any atom is -0.488 e. The number of hydrazone groups is 1. The van der Waals surface area contributed by atoms with Gasteiger partial charge in [-0.3, -0.25) is 9.59 Å².